The molecule has 1 amide bonds. The van der Waals surface area contributed by atoms with Gasteiger partial charge in [0.1, 0.15) is 5.75 Å². The lowest BCUT2D eigenvalue weighted by atomic mass is 10.00. The lowest BCUT2D eigenvalue weighted by Gasteiger charge is -2.32. The summed E-state index contributed by atoms with van der Waals surface area (Å²) < 4.78 is 5.80. The van der Waals surface area contributed by atoms with Gasteiger partial charge in [0.05, 0.1) is 0 Å². The summed E-state index contributed by atoms with van der Waals surface area (Å²) in [5.41, 5.74) is 0.948. The van der Waals surface area contributed by atoms with E-state index in [4.69, 9.17) is 16.3 Å². The molecule has 1 fully saturated rings. The van der Waals surface area contributed by atoms with Crippen molar-refractivity contribution in [1.29, 1.82) is 0 Å². The second-order valence-electron chi connectivity index (χ2n) is 5.70. The van der Waals surface area contributed by atoms with Crippen molar-refractivity contribution in [3.63, 3.8) is 0 Å². The zero-order valence-corrected chi connectivity index (χ0v) is 13.1. The summed E-state index contributed by atoms with van der Waals surface area (Å²) in [6.07, 6.45) is 1.83. The number of aryl methyl sites for hydroxylation is 1. The Morgan fingerprint density at radius 3 is 2.90 bits per heavy atom. The third-order valence-corrected chi connectivity index (χ3v) is 3.99. The highest BCUT2D eigenvalue weighted by atomic mass is 35.5. The van der Waals surface area contributed by atoms with E-state index in [0.717, 1.165) is 30.8 Å². The molecule has 110 valence electrons. The molecule has 0 aromatic heterocycles. The zero-order valence-electron chi connectivity index (χ0n) is 12.4. The van der Waals surface area contributed by atoms with Gasteiger partial charge in [0, 0.05) is 18.1 Å². The van der Waals surface area contributed by atoms with Gasteiger partial charge in [-0.1, -0.05) is 18.5 Å². The van der Waals surface area contributed by atoms with Crippen LogP contribution >= 0.6 is 11.6 Å². The maximum absolute atomic E-state index is 12.4. The fourth-order valence-electron chi connectivity index (χ4n) is 2.63. The molecule has 1 aliphatic heterocycles. The van der Waals surface area contributed by atoms with Crippen molar-refractivity contribution in [2.45, 2.75) is 39.7 Å². The number of ether oxygens (including phenoxy) is 1. The number of rotatable bonds is 3. The molecule has 1 aromatic rings. The Balaban J connectivity index is 2.00. The first kappa shape index (κ1) is 15.2. The number of amides is 1. The van der Waals surface area contributed by atoms with Crippen LogP contribution < -0.4 is 4.74 Å². The highest BCUT2D eigenvalue weighted by Gasteiger charge is 2.26. The van der Waals surface area contributed by atoms with Gasteiger partial charge in [-0.15, -0.1) is 0 Å². The van der Waals surface area contributed by atoms with E-state index in [1.807, 2.05) is 30.9 Å². The second-order valence-corrected chi connectivity index (χ2v) is 6.14. The van der Waals surface area contributed by atoms with Gasteiger partial charge >= 0.3 is 0 Å². The molecule has 1 heterocycles. The standard InChI is InChI=1S/C16H22ClNO2/c1-11-5-4-8-18(10-11)16(19)13(3)20-15-7-6-14(17)9-12(15)2/h6-7,9,11,13H,4-5,8,10H2,1-3H3. The van der Waals surface area contributed by atoms with Crippen LogP contribution in [0.5, 0.6) is 5.75 Å². The first-order chi connectivity index (χ1) is 9.47. The number of hydrogen-bond donors (Lipinski definition) is 0. The minimum absolute atomic E-state index is 0.0749. The quantitative estimate of drug-likeness (QED) is 0.851. The Hall–Kier alpha value is -1.22. The summed E-state index contributed by atoms with van der Waals surface area (Å²) in [4.78, 5) is 14.3. The number of hydrogen-bond acceptors (Lipinski definition) is 2. The maximum Gasteiger partial charge on any atom is 0.263 e. The van der Waals surface area contributed by atoms with Crippen LogP contribution in [0.15, 0.2) is 18.2 Å². The molecule has 0 spiro atoms. The van der Waals surface area contributed by atoms with Gasteiger partial charge in [-0.3, -0.25) is 4.79 Å². The number of carbonyl (C=O) groups is 1. The molecule has 1 aliphatic rings. The van der Waals surface area contributed by atoms with Gasteiger partial charge in [0.2, 0.25) is 0 Å². The molecule has 0 bridgehead atoms. The van der Waals surface area contributed by atoms with E-state index in [1.54, 1.807) is 6.07 Å². The van der Waals surface area contributed by atoms with Gasteiger partial charge in [0.25, 0.3) is 5.91 Å². The average Bonchev–Trinajstić information content (AvgIpc) is 2.41. The fraction of sp³-hybridized carbons (Fsp3) is 0.562. The van der Waals surface area contributed by atoms with Crippen molar-refractivity contribution < 1.29 is 9.53 Å². The van der Waals surface area contributed by atoms with Crippen molar-refractivity contribution in [3.8, 4) is 5.75 Å². The molecular formula is C16H22ClNO2. The molecule has 1 saturated heterocycles. The number of nitrogens with zero attached hydrogens (tertiary/aromatic N) is 1. The smallest absolute Gasteiger partial charge is 0.263 e. The van der Waals surface area contributed by atoms with E-state index >= 15 is 0 Å². The van der Waals surface area contributed by atoms with Gasteiger partial charge < -0.3 is 9.64 Å². The Kier molecular flexibility index (Phi) is 4.92. The van der Waals surface area contributed by atoms with Crippen LogP contribution in [-0.2, 0) is 4.79 Å². The topological polar surface area (TPSA) is 29.5 Å². The van der Waals surface area contributed by atoms with Gasteiger partial charge in [-0.25, -0.2) is 0 Å². The number of piperidine rings is 1. The molecule has 0 aliphatic carbocycles. The highest BCUT2D eigenvalue weighted by Crippen LogP contribution is 2.24. The average molecular weight is 296 g/mol. The molecule has 0 N–H and O–H groups in total. The minimum Gasteiger partial charge on any atom is -0.481 e. The monoisotopic (exact) mass is 295 g/mol. The van der Waals surface area contributed by atoms with Crippen LogP contribution in [0.1, 0.15) is 32.3 Å². The molecular weight excluding hydrogens is 274 g/mol. The number of carbonyl (C=O) groups excluding carboxylic acids is 1. The third kappa shape index (κ3) is 3.66. The molecule has 1 aromatic carbocycles. The van der Waals surface area contributed by atoms with E-state index in [9.17, 15) is 4.79 Å². The summed E-state index contributed by atoms with van der Waals surface area (Å²) in [6.45, 7) is 7.62. The van der Waals surface area contributed by atoms with Crippen LogP contribution in [0.25, 0.3) is 0 Å². The lowest BCUT2D eigenvalue weighted by molar-refractivity contribution is -0.139. The lowest BCUT2D eigenvalue weighted by Crippen LogP contribution is -2.45. The number of likely N-dealkylation sites (tertiary alicyclic amines) is 1. The van der Waals surface area contributed by atoms with E-state index in [-0.39, 0.29) is 5.91 Å². The summed E-state index contributed by atoms with van der Waals surface area (Å²) in [6, 6.07) is 5.45. The first-order valence-corrected chi connectivity index (χ1v) is 7.56. The van der Waals surface area contributed by atoms with Crippen molar-refractivity contribution in [2.24, 2.45) is 5.92 Å². The number of benzene rings is 1. The van der Waals surface area contributed by atoms with Crippen molar-refractivity contribution in [3.05, 3.63) is 28.8 Å². The molecule has 0 saturated carbocycles. The van der Waals surface area contributed by atoms with E-state index in [0.29, 0.717) is 10.9 Å². The fourth-order valence-corrected chi connectivity index (χ4v) is 2.86. The minimum atomic E-state index is -0.458. The van der Waals surface area contributed by atoms with Crippen LogP contribution in [0, 0.1) is 12.8 Å². The van der Waals surface area contributed by atoms with Crippen molar-refractivity contribution >= 4 is 17.5 Å². The predicted octanol–water partition coefficient (Wildman–Crippen LogP) is 3.67. The SMILES string of the molecule is Cc1cc(Cl)ccc1OC(C)C(=O)N1CCCC(C)C1. The Morgan fingerprint density at radius 2 is 2.25 bits per heavy atom. The van der Waals surface area contributed by atoms with Gasteiger partial charge in [-0.05, 0) is 56.4 Å². The Morgan fingerprint density at radius 1 is 1.50 bits per heavy atom. The van der Waals surface area contributed by atoms with E-state index in [1.165, 1.54) is 6.42 Å². The molecule has 3 nitrogen and oxygen atoms in total. The summed E-state index contributed by atoms with van der Waals surface area (Å²) in [7, 11) is 0. The van der Waals surface area contributed by atoms with Crippen molar-refractivity contribution in [2.75, 3.05) is 13.1 Å². The van der Waals surface area contributed by atoms with Crippen molar-refractivity contribution in [1.82, 2.24) is 4.90 Å². The van der Waals surface area contributed by atoms with Crippen LogP contribution in [-0.4, -0.2) is 30.0 Å². The third-order valence-electron chi connectivity index (χ3n) is 3.76. The Bertz CT molecular complexity index is 489. The van der Waals surface area contributed by atoms with Crippen LogP contribution in [0.4, 0.5) is 0 Å². The highest BCUT2D eigenvalue weighted by molar-refractivity contribution is 6.30. The maximum atomic E-state index is 12.4. The van der Waals surface area contributed by atoms with Crippen LogP contribution in [0.3, 0.4) is 0 Å². The van der Waals surface area contributed by atoms with E-state index < -0.39 is 6.10 Å². The predicted molar refractivity (Wildman–Crippen MR) is 81.3 cm³/mol. The zero-order chi connectivity index (χ0) is 14.7. The van der Waals surface area contributed by atoms with Gasteiger partial charge in [-0.2, -0.15) is 0 Å². The normalized spacial score (nSPS) is 20.6. The summed E-state index contributed by atoms with van der Waals surface area (Å²) in [5, 5.41) is 0.679. The molecule has 4 heteroatoms. The molecule has 2 rings (SSSR count). The molecule has 20 heavy (non-hydrogen) atoms. The molecule has 2 atom stereocenters. The second kappa shape index (κ2) is 6.49. The summed E-state index contributed by atoms with van der Waals surface area (Å²) >= 11 is 5.92. The first-order valence-electron chi connectivity index (χ1n) is 7.19. The van der Waals surface area contributed by atoms with E-state index in [2.05, 4.69) is 6.92 Å². The molecule has 0 radical (unpaired) electrons. The largest absolute Gasteiger partial charge is 0.481 e. The van der Waals surface area contributed by atoms with Crippen LogP contribution in [0.2, 0.25) is 5.02 Å². The molecule has 2 unspecified atom stereocenters. The summed E-state index contributed by atoms with van der Waals surface area (Å²) in [5.74, 6) is 1.38. The number of halogens is 1. The Labute approximate surface area is 125 Å². The van der Waals surface area contributed by atoms with Gasteiger partial charge in [0.15, 0.2) is 6.10 Å².